The highest BCUT2D eigenvalue weighted by molar-refractivity contribution is 9.11. The zero-order valence-corrected chi connectivity index (χ0v) is 11.0. The van der Waals surface area contributed by atoms with E-state index in [-0.39, 0.29) is 0 Å². The number of imidazole rings is 1. The predicted octanol–water partition coefficient (Wildman–Crippen LogP) is 3.20. The maximum absolute atomic E-state index is 9.84. The number of rotatable bonds is 1. The molecular formula is C11H11BrN2OS. The van der Waals surface area contributed by atoms with Crippen LogP contribution in [0.25, 0.3) is 10.6 Å². The maximum atomic E-state index is 9.84. The molecule has 1 aliphatic heterocycles. The lowest BCUT2D eigenvalue weighted by Crippen LogP contribution is -2.14. The van der Waals surface area contributed by atoms with E-state index in [1.54, 1.807) is 11.3 Å². The van der Waals surface area contributed by atoms with E-state index in [0.29, 0.717) is 0 Å². The summed E-state index contributed by atoms with van der Waals surface area (Å²) in [5.74, 6) is 0.811. The topological polar surface area (TPSA) is 38.0 Å². The summed E-state index contributed by atoms with van der Waals surface area (Å²) < 4.78 is 3.17. The molecule has 3 rings (SSSR count). The molecule has 2 aromatic heterocycles. The van der Waals surface area contributed by atoms with E-state index < -0.39 is 6.10 Å². The Balaban J connectivity index is 2.04. The Morgan fingerprint density at radius 2 is 2.38 bits per heavy atom. The van der Waals surface area contributed by atoms with Gasteiger partial charge in [-0.25, -0.2) is 4.98 Å². The normalized spacial score (nSPS) is 19.8. The summed E-state index contributed by atoms with van der Waals surface area (Å²) in [5, 5.41) is 9.84. The first kappa shape index (κ1) is 10.5. The third-order valence-electron chi connectivity index (χ3n) is 2.81. The zero-order valence-electron chi connectivity index (χ0n) is 8.56. The average Bonchev–Trinajstić information content (AvgIpc) is 2.84. The SMILES string of the molecule is OC1CCCn2cc(-c3ccc(Br)s3)nc21. The quantitative estimate of drug-likeness (QED) is 0.878. The van der Waals surface area contributed by atoms with E-state index in [1.807, 2.05) is 12.3 Å². The number of aromatic nitrogens is 2. The Morgan fingerprint density at radius 1 is 1.50 bits per heavy atom. The minimum atomic E-state index is -0.397. The summed E-state index contributed by atoms with van der Waals surface area (Å²) in [6, 6.07) is 4.07. The highest BCUT2D eigenvalue weighted by Gasteiger charge is 2.21. The van der Waals surface area contributed by atoms with Crippen molar-refractivity contribution in [1.82, 2.24) is 9.55 Å². The van der Waals surface area contributed by atoms with Crippen LogP contribution in [0.4, 0.5) is 0 Å². The smallest absolute Gasteiger partial charge is 0.138 e. The highest BCUT2D eigenvalue weighted by atomic mass is 79.9. The Hall–Kier alpha value is -0.650. The van der Waals surface area contributed by atoms with Gasteiger partial charge in [0.2, 0.25) is 0 Å². The molecule has 0 saturated heterocycles. The van der Waals surface area contributed by atoms with E-state index in [2.05, 4.69) is 31.5 Å². The Labute approximate surface area is 106 Å². The monoisotopic (exact) mass is 298 g/mol. The van der Waals surface area contributed by atoms with Gasteiger partial charge in [-0.2, -0.15) is 0 Å². The third kappa shape index (κ3) is 1.73. The number of aryl methyl sites for hydroxylation is 1. The van der Waals surface area contributed by atoms with Crippen molar-refractivity contribution in [2.45, 2.75) is 25.5 Å². The van der Waals surface area contributed by atoms with Crippen LogP contribution in [0.2, 0.25) is 0 Å². The first-order valence-corrected chi connectivity index (χ1v) is 6.86. The number of nitrogens with zero attached hydrogens (tertiary/aromatic N) is 2. The molecule has 0 aliphatic carbocycles. The number of aliphatic hydroxyl groups is 1. The van der Waals surface area contributed by atoms with Crippen molar-refractivity contribution in [3.05, 3.63) is 27.9 Å². The van der Waals surface area contributed by atoms with Crippen LogP contribution in [0, 0.1) is 0 Å². The van der Waals surface area contributed by atoms with Gasteiger partial charge in [0.1, 0.15) is 11.9 Å². The van der Waals surface area contributed by atoms with Gasteiger partial charge in [-0.05, 0) is 40.9 Å². The molecule has 3 heterocycles. The van der Waals surface area contributed by atoms with Crippen LogP contribution >= 0.6 is 27.3 Å². The fourth-order valence-corrected chi connectivity index (χ4v) is 3.37. The second-order valence-corrected chi connectivity index (χ2v) is 6.40. The van der Waals surface area contributed by atoms with Crippen LogP contribution in [-0.2, 0) is 6.54 Å². The lowest BCUT2D eigenvalue weighted by Gasteiger charge is -2.18. The highest BCUT2D eigenvalue weighted by Crippen LogP contribution is 2.33. The molecule has 0 spiro atoms. The lowest BCUT2D eigenvalue weighted by molar-refractivity contribution is 0.134. The molecule has 3 nitrogen and oxygen atoms in total. The van der Waals surface area contributed by atoms with Crippen molar-refractivity contribution in [2.24, 2.45) is 0 Å². The number of fused-ring (bicyclic) bond motifs is 1. The second-order valence-electron chi connectivity index (χ2n) is 3.94. The van der Waals surface area contributed by atoms with Gasteiger partial charge in [0.15, 0.2) is 0 Å². The summed E-state index contributed by atoms with van der Waals surface area (Å²) >= 11 is 5.11. The van der Waals surface area contributed by atoms with Gasteiger partial charge in [-0.3, -0.25) is 0 Å². The molecule has 1 unspecified atom stereocenters. The molecule has 1 atom stereocenters. The van der Waals surface area contributed by atoms with Crippen LogP contribution in [0.15, 0.2) is 22.1 Å². The molecule has 0 radical (unpaired) electrons. The van der Waals surface area contributed by atoms with Crippen molar-refractivity contribution in [3.63, 3.8) is 0 Å². The van der Waals surface area contributed by atoms with Crippen molar-refractivity contribution in [1.29, 1.82) is 0 Å². The molecule has 1 N–H and O–H groups in total. The van der Waals surface area contributed by atoms with Gasteiger partial charge in [0, 0.05) is 12.7 Å². The molecular weight excluding hydrogens is 288 g/mol. The third-order valence-corrected chi connectivity index (χ3v) is 4.45. The molecule has 84 valence electrons. The molecule has 0 aromatic carbocycles. The van der Waals surface area contributed by atoms with Crippen molar-refractivity contribution in [3.8, 4) is 10.6 Å². The number of thiophene rings is 1. The van der Waals surface area contributed by atoms with Crippen LogP contribution in [0.3, 0.4) is 0 Å². The molecule has 2 aromatic rings. The number of aliphatic hydroxyl groups excluding tert-OH is 1. The lowest BCUT2D eigenvalue weighted by atomic mass is 10.1. The van der Waals surface area contributed by atoms with E-state index in [1.165, 1.54) is 0 Å². The van der Waals surface area contributed by atoms with Gasteiger partial charge < -0.3 is 9.67 Å². The van der Waals surface area contributed by atoms with Gasteiger partial charge in [-0.1, -0.05) is 0 Å². The number of hydrogen-bond acceptors (Lipinski definition) is 3. The molecule has 0 fully saturated rings. The summed E-state index contributed by atoms with van der Waals surface area (Å²) in [6.07, 6.45) is 3.49. The van der Waals surface area contributed by atoms with Crippen LogP contribution < -0.4 is 0 Å². The summed E-state index contributed by atoms with van der Waals surface area (Å²) in [6.45, 7) is 0.964. The Morgan fingerprint density at radius 3 is 3.06 bits per heavy atom. The molecule has 0 amide bonds. The summed E-state index contributed by atoms with van der Waals surface area (Å²) in [5.41, 5.74) is 0.964. The van der Waals surface area contributed by atoms with Crippen LogP contribution in [-0.4, -0.2) is 14.7 Å². The largest absolute Gasteiger partial charge is 0.385 e. The van der Waals surface area contributed by atoms with Crippen molar-refractivity contribution < 1.29 is 5.11 Å². The summed E-state index contributed by atoms with van der Waals surface area (Å²) in [7, 11) is 0. The van der Waals surface area contributed by atoms with Gasteiger partial charge >= 0.3 is 0 Å². The minimum Gasteiger partial charge on any atom is -0.385 e. The van der Waals surface area contributed by atoms with Crippen LogP contribution in [0.1, 0.15) is 24.8 Å². The molecule has 0 bridgehead atoms. The molecule has 5 heteroatoms. The van der Waals surface area contributed by atoms with E-state index in [9.17, 15) is 5.11 Å². The fourth-order valence-electron chi connectivity index (χ4n) is 2.03. The summed E-state index contributed by atoms with van der Waals surface area (Å²) in [4.78, 5) is 5.66. The van der Waals surface area contributed by atoms with Crippen LogP contribution in [0.5, 0.6) is 0 Å². The Bertz CT molecular complexity index is 520. The number of halogens is 1. The average molecular weight is 299 g/mol. The first-order valence-electron chi connectivity index (χ1n) is 5.25. The number of hydrogen-bond donors (Lipinski definition) is 1. The second kappa shape index (κ2) is 3.98. The van der Waals surface area contributed by atoms with Gasteiger partial charge in [0.05, 0.1) is 14.4 Å². The first-order chi connectivity index (χ1) is 7.74. The van der Waals surface area contributed by atoms with Gasteiger partial charge in [0.25, 0.3) is 0 Å². The standard InChI is InChI=1S/C11H11BrN2OS/c12-10-4-3-9(16-10)7-6-14-5-1-2-8(15)11(14)13-7/h3-4,6,8,15H,1-2,5H2. The van der Waals surface area contributed by atoms with Crippen molar-refractivity contribution >= 4 is 27.3 Å². The van der Waals surface area contributed by atoms with E-state index in [0.717, 1.165) is 39.6 Å². The molecule has 16 heavy (non-hydrogen) atoms. The van der Waals surface area contributed by atoms with Crippen molar-refractivity contribution in [2.75, 3.05) is 0 Å². The zero-order chi connectivity index (χ0) is 11.1. The molecule has 0 saturated carbocycles. The van der Waals surface area contributed by atoms with E-state index in [4.69, 9.17) is 0 Å². The molecule has 1 aliphatic rings. The minimum absolute atomic E-state index is 0.397. The van der Waals surface area contributed by atoms with Gasteiger partial charge in [-0.15, -0.1) is 11.3 Å². The maximum Gasteiger partial charge on any atom is 0.138 e. The van der Waals surface area contributed by atoms with E-state index >= 15 is 0 Å². The Kier molecular flexibility index (Phi) is 2.61. The predicted molar refractivity (Wildman–Crippen MR) is 67.4 cm³/mol. The fraction of sp³-hybridized carbons (Fsp3) is 0.364.